The van der Waals surface area contributed by atoms with E-state index >= 15 is 0 Å². The Morgan fingerprint density at radius 1 is 1.09 bits per heavy atom. The van der Waals surface area contributed by atoms with Crippen LogP contribution in [0.1, 0.15) is 61.8 Å². The van der Waals surface area contributed by atoms with E-state index in [0.717, 1.165) is 22.6 Å². The lowest BCUT2D eigenvalue weighted by atomic mass is 9.95. The first-order valence-electron chi connectivity index (χ1n) is 14.4. The highest BCUT2D eigenvalue weighted by molar-refractivity contribution is 14.1. The normalized spacial score (nSPS) is 15.0. The number of fused-ring (bicyclic) bond motifs is 1. The monoisotopic (exact) mass is 725 g/mol. The van der Waals surface area contributed by atoms with Gasteiger partial charge < -0.3 is 18.8 Å². The Bertz CT molecular complexity index is 1980. The molecule has 0 saturated carbocycles. The van der Waals surface area contributed by atoms with Crippen molar-refractivity contribution in [1.82, 2.24) is 9.13 Å². The number of aryl methyl sites for hydroxylation is 2. The van der Waals surface area contributed by atoms with Gasteiger partial charge in [-0.1, -0.05) is 17.4 Å². The fraction of sp³-hybridized carbons (Fsp3) is 0.324. The molecule has 1 aliphatic heterocycles. The van der Waals surface area contributed by atoms with Gasteiger partial charge in [0, 0.05) is 20.6 Å². The number of halogens is 1. The molecule has 8 nitrogen and oxygen atoms in total. The molecule has 0 N–H and O–H groups in total. The van der Waals surface area contributed by atoms with Gasteiger partial charge >= 0.3 is 5.97 Å². The molecule has 0 radical (unpaired) electrons. The minimum atomic E-state index is -0.753. The topological polar surface area (TPSA) is 84.1 Å². The lowest BCUT2D eigenvalue weighted by molar-refractivity contribution is -0.139. The van der Waals surface area contributed by atoms with Crippen LogP contribution in [0.15, 0.2) is 63.5 Å². The number of allylic oxidation sites excluding steroid dienone is 1. The average molecular weight is 726 g/mol. The number of carbonyl (C=O) groups excluding carboxylic acids is 1. The third-order valence-corrected chi connectivity index (χ3v) is 9.73. The van der Waals surface area contributed by atoms with Crippen molar-refractivity contribution in [3.63, 3.8) is 0 Å². The van der Waals surface area contributed by atoms with Crippen LogP contribution >= 0.6 is 33.9 Å². The maximum atomic E-state index is 14.2. The van der Waals surface area contributed by atoms with Gasteiger partial charge in [0.1, 0.15) is 0 Å². The lowest BCUT2D eigenvalue weighted by Gasteiger charge is -2.25. The molecule has 3 heterocycles. The number of benzene rings is 2. The fourth-order valence-corrected chi connectivity index (χ4v) is 6.93. The summed E-state index contributed by atoms with van der Waals surface area (Å²) in [5, 5.41) is 0. The van der Waals surface area contributed by atoms with E-state index in [1.807, 2.05) is 38.1 Å². The summed E-state index contributed by atoms with van der Waals surface area (Å²) in [6.07, 6.45) is 1.87. The van der Waals surface area contributed by atoms with E-state index in [1.165, 1.54) is 20.5 Å². The van der Waals surface area contributed by atoms with Gasteiger partial charge in [-0.25, -0.2) is 9.79 Å². The number of methoxy groups -OCH3 is 1. The van der Waals surface area contributed by atoms with Gasteiger partial charge in [0.05, 0.1) is 41.7 Å². The van der Waals surface area contributed by atoms with Crippen molar-refractivity contribution in [1.29, 1.82) is 0 Å². The number of ether oxygens (including phenoxy) is 3. The predicted octanol–water partition coefficient (Wildman–Crippen LogP) is 5.91. The Kier molecular flexibility index (Phi) is 9.22. The highest BCUT2D eigenvalue weighted by atomic mass is 127. The Morgan fingerprint density at radius 3 is 2.50 bits per heavy atom. The van der Waals surface area contributed by atoms with Crippen molar-refractivity contribution >= 4 is 46.0 Å². The molecule has 0 amide bonds. The van der Waals surface area contributed by atoms with Gasteiger partial charge in [0.15, 0.2) is 16.3 Å². The highest BCUT2D eigenvalue weighted by Crippen LogP contribution is 2.36. The molecule has 5 rings (SSSR count). The second-order valence-electron chi connectivity index (χ2n) is 11.0. The zero-order valence-electron chi connectivity index (χ0n) is 26.1. The number of thiazole rings is 1. The Labute approximate surface area is 274 Å². The number of esters is 1. The zero-order chi connectivity index (χ0) is 31.9. The molecule has 0 fully saturated rings. The summed E-state index contributed by atoms with van der Waals surface area (Å²) in [7, 11) is 1.57. The predicted molar refractivity (Wildman–Crippen MR) is 182 cm³/mol. The highest BCUT2D eigenvalue weighted by Gasteiger charge is 2.34. The van der Waals surface area contributed by atoms with Crippen molar-refractivity contribution in [3.05, 3.63) is 105 Å². The SMILES string of the molecule is CCOC(=O)C1=C(C)N=c2s/c(=C/c3cc(C)n(-c4ccc(I)c(C)c4)c3C)c(=O)n2[C@@H]1c1ccc(OC(C)C)c(OC)c1. The van der Waals surface area contributed by atoms with E-state index < -0.39 is 12.0 Å². The van der Waals surface area contributed by atoms with Gasteiger partial charge in [-0.3, -0.25) is 9.36 Å². The van der Waals surface area contributed by atoms with Gasteiger partial charge in [-0.05, 0) is 130 Å². The first-order chi connectivity index (χ1) is 20.9. The van der Waals surface area contributed by atoms with Crippen molar-refractivity contribution < 1.29 is 19.0 Å². The maximum absolute atomic E-state index is 14.2. The molecule has 2 aromatic carbocycles. The van der Waals surface area contributed by atoms with E-state index in [0.29, 0.717) is 37.7 Å². The second kappa shape index (κ2) is 12.8. The van der Waals surface area contributed by atoms with Crippen LogP contribution in [0.25, 0.3) is 11.8 Å². The van der Waals surface area contributed by atoms with Crippen LogP contribution < -0.4 is 24.4 Å². The molecule has 1 aliphatic rings. The fourth-order valence-electron chi connectivity index (χ4n) is 5.55. The molecule has 0 unspecified atom stereocenters. The van der Waals surface area contributed by atoms with Crippen LogP contribution in [-0.2, 0) is 9.53 Å². The summed E-state index contributed by atoms with van der Waals surface area (Å²) in [4.78, 5) is 32.8. The van der Waals surface area contributed by atoms with Gasteiger partial charge in [0.2, 0.25) is 0 Å². The van der Waals surface area contributed by atoms with E-state index in [4.69, 9.17) is 19.2 Å². The van der Waals surface area contributed by atoms with Crippen molar-refractivity contribution in [2.75, 3.05) is 13.7 Å². The number of hydrogen-bond acceptors (Lipinski definition) is 7. The summed E-state index contributed by atoms with van der Waals surface area (Å²) in [6, 6.07) is 13.2. The van der Waals surface area contributed by atoms with Crippen LogP contribution in [0.4, 0.5) is 0 Å². The molecule has 0 spiro atoms. The van der Waals surface area contributed by atoms with E-state index in [9.17, 15) is 9.59 Å². The van der Waals surface area contributed by atoms with Gasteiger partial charge in [-0.2, -0.15) is 0 Å². The smallest absolute Gasteiger partial charge is 0.338 e. The van der Waals surface area contributed by atoms with Crippen LogP contribution in [0.2, 0.25) is 0 Å². The molecule has 0 saturated heterocycles. The molecule has 2 aromatic heterocycles. The first kappa shape index (κ1) is 31.8. The summed E-state index contributed by atoms with van der Waals surface area (Å²) in [5.74, 6) is 0.580. The molecule has 10 heteroatoms. The number of nitrogens with zero attached hydrogens (tertiary/aromatic N) is 3. The number of carbonyl (C=O) groups is 1. The standard InChI is InChI=1S/C34H36IN3O5S/c1-9-42-33(40)30-21(6)36-34-38(31(30)23-10-13-27(43-18(2)3)28(16-23)41-8)32(39)29(44-34)17-24-15-20(5)37(22(24)7)25-11-12-26(35)19(4)14-25/h10-18,31H,9H2,1-8H3/b29-17+/t31-/m1/s1. The average Bonchev–Trinajstić information content (AvgIpc) is 3.43. The van der Waals surface area contributed by atoms with E-state index in [1.54, 1.807) is 25.5 Å². The molecule has 0 bridgehead atoms. The first-order valence-corrected chi connectivity index (χ1v) is 16.3. The van der Waals surface area contributed by atoms with Crippen molar-refractivity contribution in [3.8, 4) is 17.2 Å². The molecule has 0 aliphatic carbocycles. The molecule has 1 atom stereocenters. The Hall–Kier alpha value is -3.64. The van der Waals surface area contributed by atoms with Crippen LogP contribution in [0.5, 0.6) is 11.5 Å². The third-order valence-electron chi connectivity index (χ3n) is 7.54. The molecule has 44 heavy (non-hydrogen) atoms. The number of aromatic nitrogens is 2. The summed E-state index contributed by atoms with van der Waals surface area (Å²) in [6.45, 7) is 13.8. The van der Waals surface area contributed by atoms with Crippen LogP contribution in [0, 0.1) is 24.3 Å². The maximum Gasteiger partial charge on any atom is 0.338 e. The quantitative estimate of drug-likeness (QED) is 0.167. The van der Waals surface area contributed by atoms with E-state index in [2.05, 4.69) is 72.2 Å². The lowest BCUT2D eigenvalue weighted by Crippen LogP contribution is -2.40. The molecular formula is C34H36IN3O5S. The Morgan fingerprint density at radius 2 is 1.84 bits per heavy atom. The van der Waals surface area contributed by atoms with Gasteiger partial charge in [-0.15, -0.1) is 0 Å². The summed E-state index contributed by atoms with van der Waals surface area (Å²) in [5.41, 5.74) is 6.60. The second-order valence-corrected chi connectivity index (χ2v) is 13.1. The largest absolute Gasteiger partial charge is 0.493 e. The minimum Gasteiger partial charge on any atom is -0.493 e. The van der Waals surface area contributed by atoms with Crippen molar-refractivity contribution in [2.24, 2.45) is 4.99 Å². The third kappa shape index (κ3) is 5.89. The van der Waals surface area contributed by atoms with Gasteiger partial charge in [0.25, 0.3) is 5.56 Å². The summed E-state index contributed by atoms with van der Waals surface area (Å²) < 4.78 is 22.5. The molecule has 230 valence electrons. The van der Waals surface area contributed by atoms with Crippen LogP contribution in [0.3, 0.4) is 0 Å². The van der Waals surface area contributed by atoms with E-state index in [-0.39, 0.29) is 18.3 Å². The molecule has 4 aromatic rings. The van der Waals surface area contributed by atoms with Crippen LogP contribution in [-0.4, -0.2) is 34.9 Å². The Balaban J connectivity index is 1.69. The van der Waals surface area contributed by atoms with Crippen molar-refractivity contribution in [2.45, 2.75) is 60.6 Å². The molecular weight excluding hydrogens is 689 g/mol. The summed E-state index contributed by atoms with van der Waals surface area (Å²) >= 11 is 3.65. The zero-order valence-corrected chi connectivity index (χ0v) is 29.1. The number of rotatable bonds is 8. The number of hydrogen-bond donors (Lipinski definition) is 0. The minimum absolute atomic E-state index is 0.0544.